The molecule has 0 bridgehead atoms. The van der Waals surface area contributed by atoms with E-state index in [0.717, 1.165) is 25.3 Å². The lowest BCUT2D eigenvalue weighted by Gasteiger charge is -2.41. The van der Waals surface area contributed by atoms with Gasteiger partial charge in [0.2, 0.25) is 0 Å². The molecule has 0 aromatic heterocycles. The fourth-order valence-electron chi connectivity index (χ4n) is 2.48. The number of ether oxygens (including phenoxy) is 1. The average Bonchev–Trinajstić information content (AvgIpc) is 2.30. The van der Waals surface area contributed by atoms with E-state index >= 15 is 0 Å². The molecule has 1 nitrogen and oxygen atoms in total. The smallest absolute Gasteiger partial charge is 0.162 e. The normalized spacial score (nSPS) is 19.3. The lowest BCUT2D eigenvalue weighted by Crippen LogP contribution is -2.41. The Labute approximate surface area is 111 Å². The van der Waals surface area contributed by atoms with Gasteiger partial charge in [-0.3, -0.25) is 0 Å². The summed E-state index contributed by atoms with van der Waals surface area (Å²) in [5, 5.41) is -0.235. The van der Waals surface area contributed by atoms with Gasteiger partial charge >= 0.3 is 0 Å². The van der Waals surface area contributed by atoms with Crippen LogP contribution in [0, 0.1) is 11.6 Å². The van der Waals surface area contributed by atoms with Crippen molar-refractivity contribution >= 4 is 11.6 Å². The lowest BCUT2D eigenvalue weighted by atomic mass is 9.76. The van der Waals surface area contributed by atoms with Gasteiger partial charge in [-0.1, -0.05) is 12.1 Å². The summed E-state index contributed by atoms with van der Waals surface area (Å²) in [4.78, 5) is 0. The highest BCUT2D eigenvalue weighted by molar-refractivity contribution is 6.20. The van der Waals surface area contributed by atoms with E-state index in [-0.39, 0.29) is 11.0 Å². The fourth-order valence-corrected chi connectivity index (χ4v) is 2.93. The van der Waals surface area contributed by atoms with Crippen molar-refractivity contribution in [1.82, 2.24) is 0 Å². The second kappa shape index (κ2) is 5.54. The Kier molecular flexibility index (Phi) is 4.23. The molecule has 1 aliphatic carbocycles. The molecule has 18 heavy (non-hydrogen) atoms. The molecular formula is C14H17ClF2O. The quantitative estimate of drug-likeness (QED) is 0.736. The molecule has 0 saturated heterocycles. The summed E-state index contributed by atoms with van der Waals surface area (Å²) in [6.45, 7) is 0. The van der Waals surface area contributed by atoms with E-state index < -0.39 is 11.6 Å². The highest BCUT2D eigenvalue weighted by atomic mass is 35.5. The molecular weight excluding hydrogens is 258 g/mol. The molecule has 4 heteroatoms. The minimum absolute atomic E-state index is 0.143. The van der Waals surface area contributed by atoms with Gasteiger partial charge in [0.05, 0.1) is 5.60 Å². The highest BCUT2D eigenvalue weighted by Crippen LogP contribution is 2.40. The summed E-state index contributed by atoms with van der Waals surface area (Å²) in [6.07, 6.45) is 4.15. The number of rotatable bonds is 5. The summed E-state index contributed by atoms with van der Waals surface area (Å²) >= 11 is 6.25. The topological polar surface area (TPSA) is 9.23 Å². The zero-order valence-electron chi connectivity index (χ0n) is 10.4. The molecule has 1 aliphatic rings. The van der Waals surface area contributed by atoms with Crippen LogP contribution in [0.1, 0.15) is 31.2 Å². The first-order valence-electron chi connectivity index (χ1n) is 6.18. The summed E-state index contributed by atoms with van der Waals surface area (Å²) in [7, 11) is 1.69. The molecule has 1 unspecified atom stereocenters. The van der Waals surface area contributed by atoms with Crippen LogP contribution in [0.25, 0.3) is 0 Å². The van der Waals surface area contributed by atoms with Crippen molar-refractivity contribution in [3.05, 3.63) is 35.4 Å². The zero-order valence-corrected chi connectivity index (χ0v) is 11.1. The van der Waals surface area contributed by atoms with E-state index in [4.69, 9.17) is 16.3 Å². The van der Waals surface area contributed by atoms with Gasteiger partial charge in [-0.15, -0.1) is 11.6 Å². The standard InChI is InChI=1S/C14H17ClF2O/c1-18-14(6-3-7-14)9-11(15)8-10-4-2-5-12(16)13(10)17/h2,4-5,11H,3,6-9H2,1H3. The van der Waals surface area contributed by atoms with Crippen molar-refractivity contribution in [3.8, 4) is 0 Å². The second-order valence-electron chi connectivity index (χ2n) is 4.96. The van der Waals surface area contributed by atoms with E-state index in [0.29, 0.717) is 18.4 Å². The van der Waals surface area contributed by atoms with E-state index in [1.165, 1.54) is 6.07 Å². The van der Waals surface area contributed by atoms with E-state index in [2.05, 4.69) is 0 Å². The van der Waals surface area contributed by atoms with Crippen LogP contribution in [0.3, 0.4) is 0 Å². The van der Waals surface area contributed by atoms with E-state index in [9.17, 15) is 8.78 Å². The Morgan fingerprint density at radius 1 is 1.39 bits per heavy atom. The van der Waals surface area contributed by atoms with Crippen molar-refractivity contribution in [3.63, 3.8) is 0 Å². The molecule has 0 amide bonds. The first-order chi connectivity index (χ1) is 8.56. The number of benzene rings is 1. The van der Waals surface area contributed by atoms with Gasteiger partial charge in [0.25, 0.3) is 0 Å². The van der Waals surface area contributed by atoms with Gasteiger partial charge in [-0.05, 0) is 43.7 Å². The molecule has 0 N–H and O–H groups in total. The number of alkyl halides is 1. The monoisotopic (exact) mass is 274 g/mol. The predicted molar refractivity (Wildman–Crippen MR) is 67.9 cm³/mol. The molecule has 0 spiro atoms. The first-order valence-corrected chi connectivity index (χ1v) is 6.62. The first kappa shape index (κ1) is 13.8. The summed E-state index contributed by atoms with van der Waals surface area (Å²) < 4.78 is 32.1. The molecule has 0 heterocycles. The Morgan fingerprint density at radius 3 is 2.67 bits per heavy atom. The van der Waals surface area contributed by atoms with Crippen LogP contribution >= 0.6 is 11.6 Å². The maximum Gasteiger partial charge on any atom is 0.162 e. The van der Waals surface area contributed by atoms with Crippen molar-refractivity contribution in [2.75, 3.05) is 7.11 Å². The maximum atomic E-state index is 13.5. The number of hydrogen-bond donors (Lipinski definition) is 0. The Bertz CT molecular complexity index is 413. The summed E-state index contributed by atoms with van der Waals surface area (Å²) in [5.74, 6) is -1.61. The second-order valence-corrected chi connectivity index (χ2v) is 5.58. The molecule has 1 aromatic rings. The maximum absolute atomic E-state index is 13.5. The molecule has 100 valence electrons. The van der Waals surface area contributed by atoms with Crippen LogP contribution < -0.4 is 0 Å². The minimum atomic E-state index is -0.818. The van der Waals surface area contributed by atoms with Crippen LogP contribution in [0.4, 0.5) is 8.78 Å². The number of halogens is 3. The third kappa shape index (κ3) is 2.83. The van der Waals surface area contributed by atoms with Crippen LogP contribution in [0.5, 0.6) is 0 Å². The van der Waals surface area contributed by atoms with Crippen molar-refractivity contribution < 1.29 is 13.5 Å². The number of hydrogen-bond acceptors (Lipinski definition) is 1. The molecule has 1 fully saturated rings. The lowest BCUT2D eigenvalue weighted by molar-refractivity contribution is -0.0777. The minimum Gasteiger partial charge on any atom is -0.378 e. The van der Waals surface area contributed by atoms with Gasteiger partial charge in [0, 0.05) is 12.5 Å². The van der Waals surface area contributed by atoms with Crippen molar-refractivity contribution in [2.45, 2.75) is 43.1 Å². The average molecular weight is 275 g/mol. The summed E-state index contributed by atoms with van der Waals surface area (Å²) in [6, 6.07) is 4.20. The van der Waals surface area contributed by atoms with Gasteiger partial charge < -0.3 is 4.74 Å². The Hall–Kier alpha value is -0.670. The van der Waals surface area contributed by atoms with Gasteiger partial charge in [-0.25, -0.2) is 8.78 Å². The predicted octanol–water partition coefficient (Wildman–Crippen LogP) is 4.07. The molecule has 1 aromatic carbocycles. The third-order valence-corrected chi connectivity index (χ3v) is 4.07. The molecule has 2 rings (SSSR count). The van der Waals surface area contributed by atoms with Crippen LogP contribution in [-0.4, -0.2) is 18.1 Å². The Morgan fingerprint density at radius 2 is 2.11 bits per heavy atom. The van der Waals surface area contributed by atoms with Crippen LogP contribution in [-0.2, 0) is 11.2 Å². The van der Waals surface area contributed by atoms with E-state index in [1.807, 2.05) is 0 Å². The molecule has 1 saturated carbocycles. The van der Waals surface area contributed by atoms with Crippen molar-refractivity contribution in [2.24, 2.45) is 0 Å². The van der Waals surface area contributed by atoms with E-state index in [1.54, 1.807) is 13.2 Å². The SMILES string of the molecule is COC1(CC(Cl)Cc2cccc(F)c2F)CCC1. The van der Waals surface area contributed by atoms with Crippen LogP contribution in [0.2, 0.25) is 0 Å². The van der Waals surface area contributed by atoms with Gasteiger partial charge in [-0.2, -0.15) is 0 Å². The van der Waals surface area contributed by atoms with Gasteiger partial charge in [0.1, 0.15) is 0 Å². The largest absolute Gasteiger partial charge is 0.378 e. The highest BCUT2D eigenvalue weighted by Gasteiger charge is 2.38. The zero-order chi connectivity index (χ0) is 13.2. The molecule has 0 radical (unpaired) electrons. The Balaban J connectivity index is 1.98. The van der Waals surface area contributed by atoms with Crippen LogP contribution in [0.15, 0.2) is 18.2 Å². The molecule has 0 aliphatic heterocycles. The number of methoxy groups -OCH3 is 1. The fraction of sp³-hybridized carbons (Fsp3) is 0.571. The third-order valence-electron chi connectivity index (χ3n) is 3.76. The van der Waals surface area contributed by atoms with Gasteiger partial charge in [0.15, 0.2) is 11.6 Å². The molecule has 1 atom stereocenters. The summed E-state index contributed by atoms with van der Waals surface area (Å²) in [5.41, 5.74) is 0.191. The van der Waals surface area contributed by atoms with Crippen molar-refractivity contribution in [1.29, 1.82) is 0 Å².